The Morgan fingerprint density at radius 1 is 1.20 bits per heavy atom. The summed E-state index contributed by atoms with van der Waals surface area (Å²) in [5, 5.41) is 11.6. The third-order valence-corrected chi connectivity index (χ3v) is 3.61. The predicted octanol–water partition coefficient (Wildman–Crippen LogP) is 3.67. The zero-order valence-electron chi connectivity index (χ0n) is 13.0. The second-order valence-electron chi connectivity index (χ2n) is 4.79. The zero-order valence-corrected chi connectivity index (χ0v) is 14.5. The van der Waals surface area contributed by atoms with Crippen molar-refractivity contribution in [1.82, 2.24) is 0 Å². The van der Waals surface area contributed by atoms with Crippen molar-refractivity contribution in [2.45, 2.75) is 0 Å². The number of ether oxygens (including phenoxy) is 2. The molecule has 0 atom stereocenters. The van der Waals surface area contributed by atoms with E-state index in [1.54, 1.807) is 18.2 Å². The number of carbonyl (C=O) groups is 2. The highest BCUT2D eigenvalue weighted by Crippen LogP contribution is 2.33. The summed E-state index contributed by atoms with van der Waals surface area (Å²) >= 11 is 11.9. The molecule has 0 heterocycles. The number of nitrogens with zero attached hydrogens (tertiary/aromatic N) is 1. The van der Waals surface area contributed by atoms with Crippen molar-refractivity contribution >= 4 is 40.8 Å². The van der Waals surface area contributed by atoms with E-state index in [1.807, 2.05) is 6.07 Å². The predicted molar refractivity (Wildman–Crippen MR) is 93.1 cm³/mol. The lowest BCUT2D eigenvalue weighted by molar-refractivity contribution is -0.119. The summed E-state index contributed by atoms with van der Waals surface area (Å²) in [6.45, 7) is -0.503. The maximum Gasteiger partial charge on any atom is 0.338 e. The molecule has 0 saturated carbocycles. The lowest BCUT2D eigenvalue weighted by atomic mass is 10.2. The SMILES string of the molecule is COc1c(Cl)cc(C(=O)OCC(=O)Nc2cccc(C#N)c2)cc1Cl. The molecule has 0 spiro atoms. The number of anilines is 1. The van der Waals surface area contributed by atoms with Crippen LogP contribution in [0.2, 0.25) is 10.0 Å². The van der Waals surface area contributed by atoms with E-state index in [2.05, 4.69) is 5.32 Å². The number of rotatable bonds is 5. The summed E-state index contributed by atoms with van der Waals surface area (Å²) in [7, 11) is 1.40. The van der Waals surface area contributed by atoms with E-state index in [0.717, 1.165) is 0 Å². The number of esters is 1. The van der Waals surface area contributed by atoms with Gasteiger partial charge in [-0.1, -0.05) is 29.3 Å². The monoisotopic (exact) mass is 378 g/mol. The van der Waals surface area contributed by atoms with Crippen LogP contribution >= 0.6 is 23.2 Å². The normalized spacial score (nSPS) is 9.84. The minimum Gasteiger partial charge on any atom is -0.494 e. The van der Waals surface area contributed by atoms with Gasteiger partial charge in [-0.05, 0) is 30.3 Å². The molecular weight excluding hydrogens is 367 g/mol. The van der Waals surface area contributed by atoms with Crippen molar-refractivity contribution in [1.29, 1.82) is 5.26 Å². The van der Waals surface area contributed by atoms with Crippen LogP contribution in [0.4, 0.5) is 5.69 Å². The third-order valence-electron chi connectivity index (χ3n) is 3.05. The van der Waals surface area contributed by atoms with E-state index in [4.69, 9.17) is 37.9 Å². The molecule has 0 aliphatic rings. The summed E-state index contributed by atoms with van der Waals surface area (Å²) in [6.07, 6.45) is 0. The Bertz CT molecular complexity index is 839. The van der Waals surface area contributed by atoms with Crippen molar-refractivity contribution < 1.29 is 19.1 Å². The van der Waals surface area contributed by atoms with E-state index < -0.39 is 18.5 Å². The fraction of sp³-hybridized carbons (Fsp3) is 0.118. The van der Waals surface area contributed by atoms with Crippen LogP contribution in [0.25, 0.3) is 0 Å². The number of nitrogens with one attached hydrogen (secondary N) is 1. The molecule has 0 saturated heterocycles. The van der Waals surface area contributed by atoms with Gasteiger partial charge in [-0.2, -0.15) is 5.26 Å². The van der Waals surface area contributed by atoms with Crippen LogP contribution in [0.1, 0.15) is 15.9 Å². The number of hydrogen-bond donors (Lipinski definition) is 1. The number of amides is 1. The summed E-state index contributed by atoms with van der Waals surface area (Å²) in [6, 6.07) is 11.0. The van der Waals surface area contributed by atoms with Gasteiger partial charge >= 0.3 is 5.97 Å². The molecule has 0 unspecified atom stereocenters. The van der Waals surface area contributed by atoms with Gasteiger partial charge < -0.3 is 14.8 Å². The minimum absolute atomic E-state index is 0.0927. The van der Waals surface area contributed by atoms with Crippen LogP contribution in [-0.2, 0) is 9.53 Å². The maximum absolute atomic E-state index is 12.0. The van der Waals surface area contributed by atoms with Crippen molar-refractivity contribution in [3.05, 3.63) is 57.6 Å². The van der Waals surface area contributed by atoms with Crippen LogP contribution in [0.5, 0.6) is 5.75 Å². The molecule has 2 aromatic carbocycles. The molecule has 0 aliphatic carbocycles. The van der Waals surface area contributed by atoms with Gasteiger partial charge in [0.05, 0.1) is 34.4 Å². The van der Waals surface area contributed by atoms with Gasteiger partial charge in [0, 0.05) is 5.69 Å². The first-order valence-corrected chi connectivity index (χ1v) is 7.70. The van der Waals surface area contributed by atoms with Crippen molar-refractivity contribution in [3.8, 4) is 11.8 Å². The van der Waals surface area contributed by atoms with Crippen LogP contribution in [-0.4, -0.2) is 25.6 Å². The molecule has 0 radical (unpaired) electrons. The molecule has 1 amide bonds. The Morgan fingerprint density at radius 2 is 1.88 bits per heavy atom. The third kappa shape index (κ3) is 4.86. The second kappa shape index (κ2) is 8.38. The van der Waals surface area contributed by atoms with E-state index >= 15 is 0 Å². The highest BCUT2D eigenvalue weighted by Gasteiger charge is 2.16. The molecule has 6 nitrogen and oxygen atoms in total. The molecule has 2 rings (SSSR count). The largest absolute Gasteiger partial charge is 0.494 e. The Morgan fingerprint density at radius 3 is 2.48 bits per heavy atom. The minimum atomic E-state index is -0.757. The zero-order chi connectivity index (χ0) is 18.4. The van der Waals surface area contributed by atoms with Crippen LogP contribution in [0.3, 0.4) is 0 Å². The molecule has 128 valence electrons. The fourth-order valence-electron chi connectivity index (χ4n) is 1.95. The van der Waals surface area contributed by atoms with Crippen LogP contribution in [0, 0.1) is 11.3 Å². The van der Waals surface area contributed by atoms with E-state index in [0.29, 0.717) is 11.3 Å². The van der Waals surface area contributed by atoms with Crippen LogP contribution in [0.15, 0.2) is 36.4 Å². The number of halogens is 2. The topological polar surface area (TPSA) is 88.4 Å². The number of benzene rings is 2. The molecule has 0 bridgehead atoms. The molecule has 8 heteroatoms. The summed E-state index contributed by atoms with van der Waals surface area (Å²) in [5.74, 6) is -1.06. The van der Waals surface area contributed by atoms with Gasteiger partial charge in [-0.15, -0.1) is 0 Å². The molecule has 2 aromatic rings. The Labute approximate surface area is 153 Å². The molecular formula is C17H12Cl2N2O4. The lowest BCUT2D eigenvalue weighted by Crippen LogP contribution is -2.21. The van der Waals surface area contributed by atoms with E-state index in [1.165, 1.54) is 25.3 Å². The molecule has 1 N–H and O–H groups in total. The highest BCUT2D eigenvalue weighted by atomic mass is 35.5. The lowest BCUT2D eigenvalue weighted by Gasteiger charge is -2.09. The Kier molecular flexibility index (Phi) is 6.23. The van der Waals surface area contributed by atoms with Crippen molar-refractivity contribution in [2.24, 2.45) is 0 Å². The standard InChI is InChI=1S/C17H12Cl2N2O4/c1-24-16-13(18)6-11(7-14(16)19)17(23)25-9-15(22)21-12-4-2-3-10(5-12)8-20/h2-7H,9H2,1H3,(H,21,22). The first-order chi connectivity index (χ1) is 11.9. The van der Waals surface area contributed by atoms with E-state index in [-0.39, 0.29) is 21.4 Å². The fourth-order valence-corrected chi connectivity index (χ4v) is 2.59. The van der Waals surface area contributed by atoms with Gasteiger partial charge in [0.25, 0.3) is 5.91 Å². The molecule has 25 heavy (non-hydrogen) atoms. The van der Waals surface area contributed by atoms with Crippen LogP contribution < -0.4 is 10.1 Å². The van der Waals surface area contributed by atoms with Crippen molar-refractivity contribution in [2.75, 3.05) is 19.0 Å². The smallest absolute Gasteiger partial charge is 0.338 e. The summed E-state index contributed by atoms with van der Waals surface area (Å²) in [5.41, 5.74) is 0.919. The average Bonchev–Trinajstić information content (AvgIpc) is 2.59. The van der Waals surface area contributed by atoms with Gasteiger partial charge in [-0.3, -0.25) is 4.79 Å². The average molecular weight is 379 g/mol. The van der Waals surface area contributed by atoms with Gasteiger partial charge in [0.2, 0.25) is 0 Å². The summed E-state index contributed by atoms with van der Waals surface area (Å²) in [4.78, 5) is 23.8. The summed E-state index contributed by atoms with van der Waals surface area (Å²) < 4.78 is 9.92. The quantitative estimate of drug-likeness (QED) is 0.801. The van der Waals surface area contributed by atoms with Gasteiger partial charge in [-0.25, -0.2) is 4.79 Å². The number of carbonyl (C=O) groups excluding carboxylic acids is 2. The maximum atomic E-state index is 12.0. The van der Waals surface area contributed by atoms with Gasteiger partial charge in [0.15, 0.2) is 12.4 Å². The molecule has 0 aliphatic heterocycles. The second-order valence-corrected chi connectivity index (χ2v) is 5.60. The highest BCUT2D eigenvalue weighted by molar-refractivity contribution is 6.37. The number of hydrogen-bond acceptors (Lipinski definition) is 5. The Balaban J connectivity index is 1.97. The number of nitriles is 1. The first-order valence-electron chi connectivity index (χ1n) is 6.94. The van der Waals surface area contributed by atoms with Gasteiger partial charge in [0.1, 0.15) is 0 Å². The van der Waals surface area contributed by atoms with E-state index in [9.17, 15) is 9.59 Å². The number of methoxy groups -OCH3 is 1. The molecule has 0 fully saturated rings. The molecule has 0 aromatic heterocycles. The first kappa shape index (κ1) is 18.6. The van der Waals surface area contributed by atoms with Crippen molar-refractivity contribution in [3.63, 3.8) is 0 Å². The Hall–Kier alpha value is -2.75.